The molecule has 4 aliphatic carbocycles. The Bertz CT molecular complexity index is 1550. The average molecular weight is 793 g/mol. The molecule has 0 aromatic carbocycles. The first-order valence-electron chi connectivity index (χ1n) is 12.3. The van der Waals surface area contributed by atoms with Gasteiger partial charge in [0.2, 0.25) is 0 Å². The molecule has 0 amide bonds. The number of carboxylic acids is 1. The maximum Gasteiger partial charge on any atom is 1.00 e. The van der Waals surface area contributed by atoms with Crippen LogP contribution in [0.2, 0.25) is 0 Å². The van der Waals surface area contributed by atoms with Gasteiger partial charge >= 0.3 is 76.3 Å². The van der Waals surface area contributed by atoms with Crippen molar-refractivity contribution in [2.45, 2.75) is 65.9 Å². The number of esters is 1. The summed E-state index contributed by atoms with van der Waals surface area (Å²) in [7, 11) is -17.8. The number of ether oxygens (including phenoxy) is 1. The SMILES string of the molecule is CO.O=C(O)CF.O=C(OC1C2CC3C1OS(=O)(=O)C3C2)C(F)(F)S(=O)(=O)[O-].O=S(=O)([O-])F.O=S1(=O)OC2C(O)C3CC2C1C3.[Na+].[Na+]. The fraction of sp³-hybridized carbons (Fsp3) is 0.895. The topological polar surface area (TPSA) is 305 Å². The molecule has 0 aromatic heterocycles. The number of hydrogen-bond acceptors (Lipinski definition) is 17. The maximum atomic E-state index is 13.1. The number of aliphatic hydroxyl groups excluding tert-OH is 2. The van der Waals surface area contributed by atoms with E-state index in [1.165, 1.54) is 0 Å². The van der Waals surface area contributed by atoms with Crippen LogP contribution in [-0.4, -0.2) is 124 Å². The molecule has 2 heterocycles. The molecule has 2 aliphatic heterocycles. The van der Waals surface area contributed by atoms with Crippen LogP contribution in [0, 0.1) is 23.7 Å². The zero-order valence-electron chi connectivity index (χ0n) is 24.4. The van der Waals surface area contributed by atoms with Crippen LogP contribution in [0.15, 0.2) is 0 Å². The predicted octanol–water partition coefficient (Wildman–Crippen LogP) is -8.27. The summed E-state index contributed by atoms with van der Waals surface area (Å²) < 4.78 is 163. The van der Waals surface area contributed by atoms with Crippen LogP contribution >= 0.6 is 0 Å². The van der Waals surface area contributed by atoms with E-state index in [9.17, 15) is 56.8 Å². The van der Waals surface area contributed by atoms with E-state index in [2.05, 4.69) is 4.74 Å². The Morgan fingerprint density at radius 3 is 1.60 bits per heavy atom. The minimum absolute atomic E-state index is 0. The van der Waals surface area contributed by atoms with Crippen LogP contribution in [0.4, 0.5) is 17.1 Å². The molecule has 4 bridgehead atoms. The molecule has 47 heavy (non-hydrogen) atoms. The Labute approximate surface area is 310 Å². The van der Waals surface area contributed by atoms with Gasteiger partial charge in [0.1, 0.15) is 18.3 Å². The quantitative estimate of drug-likeness (QED) is 0.0594. The van der Waals surface area contributed by atoms with Crippen molar-refractivity contribution in [3.63, 3.8) is 0 Å². The van der Waals surface area contributed by atoms with Gasteiger partial charge in [0.15, 0.2) is 16.8 Å². The number of aliphatic hydroxyl groups is 2. The van der Waals surface area contributed by atoms with Crippen molar-refractivity contribution in [2.24, 2.45) is 23.7 Å². The maximum absolute atomic E-state index is 13.1. The first-order chi connectivity index (χ1) is 20.3. The molecule has 3 N–H and O–H groups in total. The van der Waals surface area contributed by atoms with Gasteiger partial charge < -0.3 is 29.2 Å². The summed E-state index contributed by atoms with van der Waals surface area (Å²) in [6, 6.07) is 0. The molecule has 264 valence electrons. The molecular formula is C19H26F4Na2O18S4. The van der Waals surface area contributed by atoms with Crippen molar-refractivity contribution < 1.29 is 157 Å². The summed E-state index contributed by atoms with van der Waals surface area (Å²) in [5.41, 5.74) is 0. The molecule has 0 spiro atoms. The first kappa shape index (κ1) is 47.2. The van der Waals surface area contributed by atoms with Crippen LogP contribution in [0.25, 0.3) is 0 Å². The molecule has 4 saturated carbocycles. The summed E-state index contributed by atoms with van der Waals surface area (Å²) in [6.45, 7) is -1.28. The van der Waals surface area contributed by atoms with Crippen molar-refractivity contribution in [3.8, 4) is 0 Å². The van der Waals surface area contributed by atoms with Gasteiger partial charge in [-0.05, 0) is 31.6 Å². The van der Waals surface area contributed by atoms with Crippen molar-refractivity contribution in [1.82, 2.24) is 0 Å². The molecule has 0 radical (unpaired) electrons. The summed E-state index contributed by atoms with van der Waals surface area (Å²) in [5.74, 6) is -4.63. The molecule has 6 aliphatic rings. The Balaban J connectivity index is 0.000000689. The van der Waals surface area contributed by atoms with Gasteiger partial charge in [-0.25, -0.2) is 30.8 Å². The van der Waals surface area contributed by atoms with Gasteiger partial charge in [0, 0.05) is 24.9 Å². The van der Waals surface area contributed by atoms with Gasteiger partial charge in [0.05, 0.1) is 16.6 Å². The summed E-state index contributed by atoms with van der Waals surface area (Å²) in [5, 5.41) is 17.6. The fourth-order valence-corrected chi connectivity index (χ4v) is 10.3. The smallest absolute Gasteiger partial charge is 0.743 e. The number of hydrogen-bond donors (Lipinski definition) is 3. The van der Waals surface area contributed by atoms with E-state index in [1.54, 1.807) is 0 Å². The molecule has 10 atom stereocenters. The number of carbonyl (C=O) groups excluding carboxylic acids is 1. The standard InChI is InChI=1S/C9H10F2O8S2.C7H10O4S.C2H3FO2.CH4O.FHO3S.2Na/c10-9(11,21(15,16)17)8(12)18-6-3-1-4-5(2-3)20(13,14)19-7(4)6;8-6-3-1-4-5(2-3)12(9,10)11-7(4)6;3-1-2(4)5;1-2;1-5(2,3)4;;/h3-7H,1-2H2,(H,15,16,17);3-8H,1-2H2;1H2,(H,4,5);2H,1H3;(H,2,3,4);;/q;;;;;2*+1/p-2. The van der Waals surface area contributed by atoms with Gasteiger partial charge in [-0.1, -0.05) is 0 Å². The molecule has 6 rings (SSSR count). The number of fused-ring (bicyclic) bond motifs is 2. The average Bonchev–Trinajstić information content (AvgIpc) is 3.70. The Morgan fingerprint density at radius 2 is 1.23 bits per heavy atom. The monoisotopic (exact) mass is 792 g/mol. The minimum Gasteiger partial charge on any atom is -0.743 e. The second kappa shape index (κ2) is 17.2. The molecule has 10 unspecified atom stereocenters. The van der Waals surface area contributed by atoms with Crippen LogP contribution < -0.4 is 59.1 Å². The van der Waals surface area contributed by atoms with E-state index >= 15 is 0 Å². The Morgan fingerprint density at radius 1 is 0.872 bits per heavy atom. The van der Waals surface area contributed by atoms with Crippen LogP contribution in [0.3, 0.4) is 0 Å². The van der Waals surface area contributed by atoms with E-state index in [-0.39, 0.29) is 82.6 Å². The molecule has 2 saturated heterocycles. The first-order valence-corrected chi connectivity index (χ1v) is 17.9. The molecular weight excluding hydrogens is 766 g/mol. The molecule has 0 aromatic rings. The van der Waals surface area contributed by atoms with Gasteiger partial charge in [0.25, 0.3) is 30.7 Å². The molecule has 6 fully saturated rings. The van der Waals surface area contributed by atoms with Gasteiger partial charge in [-0.15, -0.1) is 3.89 Å². The Kier molecular flexibility index (Phi) is 17.2. The van der Waals surface area contributed by atoms with Crippen molar-refractivity contribution >= 4 is 52.8 Å². The van der Waals surface area contributed by atoms with E-state index in [0.29, 0.717) is 12.8 Å². The van der Waals surface area contributed by atoms with Crippen LogP contribution in [0.1, 0.15) is 25.7 Å². The second-order valence-corrected chi connectivity index (χ2v) is 16.0. The van der Waals surface area contributed by atoms with Crippen molar-refractivity contribution in [3.05, 3.63) is 0 Å². The number of carboxylic acid groups (broad SMARTS) is 1. The van der Waals surface area contributed by atoms with E-state index in [0.717, 1.165) is 13.5 Å². The van der Waals surface area contributed by atoms with Crippen molar-refractivity contribution in [1.29, 1.82) is 0 Å². The Hall–Kier alpha value is 0.220. The number of carbonyl (C=O) groups is 2. The van der Waals surface area contributed by atoms with Crippen LogP contribution in [-0.2, 0) is 63.6 Å². The predicted molar refractivity (Wildman–Crippen MR) is 131 cm³/mol. The fourth-order valence-electron chi connectivity index (χ4n) is 6.24. The van der Waals surface area contributed by atoms with Gasteiger partial charge in [-0.2, -0.15) is 25.6 Å². The zero-order valence-corrected chi connectivity index (χ0v) is 31.7. The minimum atomic E-state index is -6.21. The summed E-state index contributed by atoms with van der Waals surface area (Å²) in [4.78, 5) is 20.2. The van der Waals surface area contributed by atoms with E-state index < -0.39 is 106 Å². The third kappa shape index (κ3) is 10.9. The van der Waals surface area contributed by atoms with E-state index in [1.807, 2.05) is 0 Å². The summed E-state index contributed by atoms with van der Waals surface area (Å²) in [6.07, 6.45) is -1.49. The third-order valence-electron chi connectivity index (χ3n) is 7.77. The van der Waals surface area contributed by atoms with Crippen molar-refractivity contribution in [2.75, 3.05) is 13.8 Å². The van der Waals surface area contributed by atoms with Gasteiger partial charge in [-0.3, -0.25) is 8.37 Å². The second-order valence-electron chi connectivity index (χ2n) is 10.2. The van der Waals surface area contributed by atoms with Crippen LogP contribution in [0.5, 0.6) is 0 Å². The number of rotatable bonds is 4. The number of aliphatic carboxylic acids is 1. The number of alkyl halides is 3. The third-order valence-corrected chi connectivity index (χ3v) is 12.1. The zero-order chi connectivity index (χ0) is 35.1. The largest absolute Gasteiger partial charge is 1.00 e. The number of halogens is 4. The summed E-state index contributed by atoms with van der Waals surface area (Å²) >= 11 is 0. The van der Waals surface area contributed by atoms with E-state index in [4.69, 9.17) is 36.3 Å². The normalized spacial score (nSPS) is 35.4. The molecule has 28 heteroatoms. The molecule has 18 nitrogen and oxygen atoms in total.